The Morgan fingerprint density at radius 3 is 2.77 bits per heavy atom. The highest BCUT2D eigenvalue weighted by Gasteiger charge is 2.36. The first-order valence-electron chi connectivity index (χ1n) is 7.55. The quantitative estimate of drug-likeness (QED) is 0.947. The molecular formula is C17H21N3OS. The zero-order chi connectivity index (χ0) is 15.7. The first-order chi connectivity index (χ1) is 10.5. The summed E-state index contributed by atoms with van der Waals surface area (Å²) >= 11 is 1.48. The van der Waals surface area contributed by atoms with E-state index in [1.54, 1.807) is 0 Å². The number of hydrogen-bond donors (Lipinski definition) is 1. The SMILES string of the molecule is Cc1nc(-c2ccccc2)sc1C(=O)N1CCC(C)(CN)C1. The van der Waals surface area contributed by atoms with E-state index in [-0.39, 0.29) is 11.3 Å². The van der Waals surface area contributed by atoms with Gasteiger partial charge in [0, 0.05) is 18.7 Å². The van der Waals surface area contributed by atoms with Gasteiger partial charge in [-0.15, -0.1) is 11.3 Å². The van der Waals surface area contributed by atoms with Gasteiger partial charge in [-0.3, -0.25) is 4.79 Å². The van der Waals surface area contributed by atoms with Gasteiger partial charge in [0.2, 0.25) is 0 Å². The van der Waals surface area contributed by atoms with Crippen molar-refractivity contribution >= 4 is 17.2 Å². The van der Waals surface area contributed by atoms with E-state index in [4.69, 9.17) is 5.73 Å². The van der Waals surface area contributed by atoms with Crippen LogP contribution in [-0.2, 0) is 0 Å². The van der Waals surface area contributed by atoms with E-state index in [1.165, 1.54) is 11.3 Å². The molecule has 1 unspecified atom stereocenters. The summed E-state index contributed by atoms with van der Waals surface area (Å²) in [5, 5.41) is 0.905. The van der Waals surface area contributed by atoms with Crippen LogP contribution >= 0.6 is 11.3 Å². The van der Waals surface area contributed by atoms with Crippen LogP contribution in [0.5, 0.6) is 0 Å². The molecule has 1 amide bonds. The average Bonchev–Trinajstić information content (AvgIpc) is 3.12. The molecule has 0 aliphatic carbocycles. The summed E-state index contributed by atoms with van der Waals surface area (Å²) in [7, 11) is 0. The zero-order valence-corrected chi connectivity index (χ0v) is 13.8. The Morgan fingerprint density at radius 2 is 2.14 bits per heavy atom. The molecule has 1 aliphatic rings. The molecule has 5 heteroatoms. The number of hydrogen-bond acceptors (Lipinski definition) is 4. The fraction of sp³-hybridized carbons (Fsp3) is 0.412. The molecule has 2 heterocycles. The second-order valence-electron chi connectivity index (χ2n) is 6.29. The summed E-state index contributed by atoms with van der Waals surface area (Å²) < 4.78 is 0. The van der Waals surface area contributed by atoms with Gasteiger partial charge < -0.3 is 10.6 Å². The molecule has 1 aliphatic heterocycles. The van der Waals surface area contributed by atoms with Crippen molar-refractivity contribution in [1.29, 1.82) is 0 Å². The second-order valence-corrected chi connectivity index (χ2v) is 7.29. The van der Waals surface area contributed by atoms with Crippen molar-refractivity contribution in [2.75, 3.05) is 19.6 Å². The molecule has 116 valence electrons. The van der Waals surface area contributed by atoms with Gasteiger partial charge in [-0.25, -0.2) is 4.98 Å². The summed E-state index contributed by atoms with van der Waals surface area (Å²) in [6, 6.07) is 10.00. The largest absolute Gasteiger partial charge is 0.337 e. The molecule has 0 bridgehead atoms. The molecule has 1 fully saturated rings. The van der Waals surface area contributed by atoms with Gasteiger partial charge in [-0.2, -0.15) is 0 Å². The lowest BCUT2D eigenvalue weighted by Gasteiger charge is -2.22. The van der Waals surface area contributed by atoms with Gasteiger partial charge in [-0.1, -0.05) is 37.3 Å². The summed E-state index contributed by atoms with van der Waals surface area (Å²) in [6.45, 7) is 6.20. The third-order valence-corrected chi connectivity index (χ3v) is 5.54. The molecule has 0 spiro atoms. The van der Waals surface area contributed by atoms with Crippen LogP contribution in [0.4, 0.5) is 0 Å². The Balaban J connectivity index is 1.84. The summed E-state index contributed by atoms with van der Waals surface area (Å²) in [6.07, 6.45) is 0.971. The van der Waals surface area contributed by atoms with Crippen LogP contribution in [0.3, 0.4) is 0 Å². The third-order valence-electron chi connectivity index (χ3n) is 4.35. The number of rotatable bonds is 3. The molecule has 0 saturated carbocycles. The maximum Gasteiger partial charge on any atom is 0.265 e. The Hall–Kier alpha value is -1.72. The standard InChI is InChI=1S/C17H21N3OS/c1-12-14(16(21)20-9-8-17(2,10-18)11-20)22-15(19-12)13-6-4-3-5-7-13/h3-7H,8-11,18H2,1-2H3. The van der Waals surface area contributed by atoms with Gasteiger partial charge >= 0.3 is 0 Å². The number of aromatic nitrogens is 1. The van der Waals surface area contributed by atoms with Gasteiger partial charge in [0.05, 0.1) is 5.69 Å². The first kappa shape index (κ1) is 15.2. The van der Waals surface area contributed by atoms with Crippen molar-refractivity contribution in [2.45, 2.75) is 20.3 Å². The zero-order valence-electron chi connectivity index (χ0n) is 13.0. The van der Waals surface area contributed by atoms with Crippen LogP contribution in [0.2, 0.25) is 0 Å². The lowest BCUT2D eigenvalue weighted by Crippen LogP contribution is -2.34. The molecule has 3 rings (SSSR count). The number of amides is 1. The second kappa shape index (κ2) is 5.82. The number of nitrogens with zero attached hydrogens (tertiary/aromatic N) is 2. The predicted octanol–water partition coefficient (Wildman–Crippen LogP) is 2.93. The van der Waals surface area contributed by atoms with E-state index in [0.29, 0.717) is 6.54 Å². The highest BCUT2D eigenvalue weighted by molar-refractivity contribution is 7.17. The number of aryl methyl sites for hydroxylation is 1. The van der Waals surface area contributed by atoms with E-state index in [9.17, 15) is 4.79 Å². The highest BCUT2D eigenvalue weighted by atomic mass is 32.1. The third kappa shape index (κ3) is 2.78. The molecule has 1 aromatic carbocycles. The maximum atomic E-state index is 12.8. The van der Waals surface area contributed by atoms with Crippen molar-refractivity contribution in [3.05, 3.63) is 40.9 Å². The number of thiazole rings is 1. The van der Waals surface area contributed by atoms with E-state index >= 15 is 0 Å². The van der Waals surface area contributed by atoms with Crippen LogP contribution < -0.4 is 5.73 Å². The minimum Gasteiger partial charge on any atom is -0.337 e. The molecular weight excluding hydrogens is 294 g/mol. The smallest absolute Gasteiger partial charge is 0.265 e. The lowest BCUT2D eigenvalue weighted by atomic mass is 9.90. The van der Waals surface area contributed by atoms with Crippen LogP contribution in [0, 0.1) is 12.3 Å². The summed E-state index contributed by atoms with van der Waals surface area (Å²) in [5.41, 5.74) is 7.76. The Kier molecular flexibility index (Phi) is 4.02. The lowest BCUT2D eigenvalue weighted by molar-refractivity contribution is 0.0780. The van der Waals surface area contributed by atoms with Gasteiger partial charge in [0.25, 0.3) is 5.91 Å². The molecule has 2 N–H and O–H groups in total. The Labute approximate surface area is 135 Å². The molecule has 0 radical (unpaired) electrons. The van der Waals surface area contributed by atoms with Gasteiger partial charge in [0.1, 0.15) is 9.88 Å². The minimum absolute atomic E-state index is 0.0521. The topological polar surface area (TPSA) is 59.2 Å². The first-order valence-corrected chi connectivity index (χ1v) is 8.36. The van der Waals surface area contributed by atoms with Gasteiger partial charge in [0.15, 0.2) is 0 Å². The van der Waals surface area contributed by atoms with E-state index < -0.39 is 0 Å². The molecule has 2 aromatic rings. The Bertz CT molecular complexity index is 682. The normalized spacial score (nSPS) is 21.3. The van der Waals surface area contributed by atoms with Crippen molar-refractivity contribution in [3.63, 3.8) is 0 Å². The molecule has 1 atom stereocenters. The number of carbonyl (C=O) groups is 1. The fourth-order valence-corrected chi connectivity index (χ4v) is 3.85. The molecule has 22 heavy (non-hydrogen) atoms. The van der Waals surface area contributed by atoms with Gasteiger partial charge in [-0.05, 0) is 25.3 Å². The summed E-state index contributed by atoms with van der Waals surface area (Å²) in [4.78, 5) is 20.0. The monoisotopic (exact) mass is 315 g/mol. The number of carbonyl (C=O) groups excluding carboxylic acids is 1. The van der Waals surface area contributed by atoms with Crippen LogP contribution in [-0.4, -0.2) is 35.4 Å². The highest BCUT2D eigenvalue weighted by Crippen LogP contribution is 2.33. The maximum absolute atomic E-state index is 12.8. The Morgan fingerprint density at radius 1 is 1.41 bits per heavy atom. The minimum atomic E-state index is 0.0521. The van der Waals surface area contributed by atoms with E-state index in [2.05, 4.69) is 11.9 Å². The molecule has 1 saturated heterocycles. The molecule has 4 nitrogen and oxygen atoms in total. The van der Waals surface area contributed by atoms with E-state index in [1.807, 2.05) is 42.2 Å². The average molecular weight is 315 g/mol. The molecule has 1 aromatic heterocycles. The fourth-order valence-electron chi connectivity index (χ4n) is 2.81. The van der Waals surface area contributed by atoms with Crippen molar-refractivity contribution in [3.8, 4) is 10.6 Å². The van der Waals surface area contributed by atoms with Crippen molar-refractivity contribution < 1.29 is 4.79 Å². The van der Waals surface area contributed by atoms with Crippen molar-refractivity contribution in [1.82, 2.24) is 9.88 Å². The van der Waals surface area contributed by atoms with E-state index in [0.717, 1.165) is 40.7 Å². The van der Waals surface area contributed by atoms with Crippen molar-refractivity contribution in [2.24, 2.45) is 11.1 Å². The predicted molar refractivity (Wildman–Crippen MR) is 90.0 cm³/mol. The van der Waals surface area contributed by atoms with Crippen LogP contribution in [0.1, 0.15) is 28.7 Å². The van der Waals surface area contributed by atoms with Crippen LogP contribution in [0.25, 0.3) is 10.6 Å². The number of likely N-dealkylation sites (tertiary alicyclic amines) is 1. The van der Waals surface area contributed by atoms with Crippen LogP contribution in [0.15, 0.2) is 30.3 Å². The summed E-state index contributed by atoms with van der Waals surface area (Å²) in [5.74, 6) is 0.0920. The number of nitrogens with two attached hydrogens (primary N) is 1. The number of benzene rings is 1.